The Hall–Kier alpha value is -1.16. The molecule has 0 aliphatic carbocycles. The Morgan fingerprint density at radius 2 is 2.07 bits per heavy atom. The van der Waals surface area contributed by atoms with E-state index in [2.05, 4.69) is 5.32 Å². The van der Waals surface area contributed by atoms with Gasteiger partial charge in [-0.25, -0.2) is 0 Å². The van der Waals surface area contributed by atoms with Crippen LogP contribution in [0.3, 0.4) is 0 Å². The molecule has 0 aliphatic heterocycles. The molecule has 0 bridgehead atoms. The van der Waals surface area contributed by atoms with Crippen molar-refractivity contribution in [1.29, 1.82) is 0 Å². The highest BCUT2D eigenvalue weighted by Crippen LogP contribution is 2.24. The first-order chi connectivity index (χ1) is 7.13. The predicted molar refractivity (Wildman–Crippen MR) is 62.1 cm³/mol. The van der Waals surface area contributed by atoms with E-state index in [0.29, 0.717) is 6.54 Å². The fourth-order valence-corrected chi connectivity index (χ4v) is 1.99. The van der Waals surface area contributed by atoms with Gasteiger partial charge in [-0.15, -0.1) is 11.8 Å². The van der Waals surface area contributed by atoms with Gasteiger partial charge in [0.25, 0.3) is 0 Å². The molecule has 1 aromatic carbocycles. The average Bonchev–Trinajstić information content (AvgIpc) is 2.22. The van der Waals surface area contributed by atoms with Crippen molar-refractivity contribution in [3.05, 3.63) is 24.3 Å². The fourth-order valence-electron chi connectivity index (χ4n) is 1.10. The molecule has 82 valence electrons. The molecule has 0 saturated carbocycles. The molecule has 1 rings (SSSR count). The van der Waals surface area contributed by atoms with Gasteiger partial charge in [-0.05, 0) is 38.1 Å². The van der Waals surface area contributed by atoms with E-state index in [4.69, 9.17) is 5.11 Å². The van der Waals surface area contributed by atoms with Crippen LogP contribution in [0.25, 0.3) is 0 Å². The largest absolute Gasteiger partial charge is 0.508 e. The van der Waals surface area contributed by atoms with Crippen molar-refractivity contribution in [3.8, 4) is 5.75 Å². The zero-order valence-corrected chi connectivity index (χ0v) is 9.67. The summed E-state index contributed by atoms with van der Waals surface area (Å²) in [4.78, 5) is 12.4. The Morgan fingerprint density at radius 1 is 1.47 bits per heavy atom. The SMILES string of the molecule is CCNC(=O)C(C)Sc1ccc(O)cc1. The number of nitrogens with one attached hydrogen (secondary N) is 1. The van der Waals surface area contributed by atoms with Crippen molar-refractivity contribution < 1.29 is 9.90 Å². The summed E-state index contributed by atoms with van der Waals surface area (Å²) in [5.41, 5.74) is 0. The third kappa shape index (κ3) is 3.83. The van der Waals surface area contributed by atoms with Crippen molar-refractivity contribution in [3.63, 3.8) is 0 Å². The van der Waals surface area contributed by atoms with E-state index in [1.165, 1.54) is 11.8 Å². The van der Waals surface area contributed by atoms with Crippen LogP contribution in [0.4, 0.5) is 0 Å². The second kappa shape index (κ2) is 5.66. The minimum Gasteiger partial charge on any atom is -0.508 e. The van der Waals surface area contributed by atoms with Crippen LogP contribution < -0.4 is 5.32 Å². The van der Waals surface area contributed by atoms with Crippen LogP contribution >= 0.6 is 11.8 Å². The first-order valence-corrected chi connectivity index (χ1v) is 5.75. The molecule has 1 aromatic rings. The van der Waals surface area contributed by atoms with Gasteiger partial charge < -0.3 is 10.4 Å². The van der Waals surface area contributed by atoms with Crippen LogP contribution in [-0.4, -0.2) is 22.8 Å². The summed E-state index contributed by atoms with van der Waals surface area (Å²) in [6.07, 6.45) is 0. The van der Waals surface area contributed by atoms with Gasteiger partial charge in [-0.1, -0.05) is 0 Å². The molecule has 0 aromatic heterocycles. The monoisotopic (exact) mass is 225 g/mol. The van der Waals surface area contributed by atoms with Crippen LogP contribution in [0.2, 0.25) is 0 Å². The molecule has 0 radical (unpaired) electrons. The van der Waals surface area contributed by atoms with E-state index >= 15 is 0 Å². The number of amides is 1. The summed E-state index contributed by atoms with van der Waals surface area (Å²) in [6.45, 7) is 4.41. The van der Waals surface area contributed by atoms with Crippen LogP contribution in [0, 0.1) is 0 Å². The fraction of sp³-hybridized carbons (Fsp3) is 0.364. The number of phenolic OH excluding ortho intramolecular Hbond substituents is 1. The molecule has 0 heterocycles. The Balaban J connectivity index is 2.54. The highest BCUT2D eigenvalue weighted by molar-refractivity contribution is 8.00. The first kappa shape index (κ1) is 11.9. The Morgan fingerprint density at radius 3 is 2.60 bits per heavy atom. The van der Waals surface area contributed by atoms with Crippen LogP contribution in [0.1, 0.15) is 13.8 Å². The van der Waals surface area contributed by atoms with Crippen LogP contribution in [0.15, 0.2) is 29.2 Å². The maximum absolute atomic E-state index is 11.4. The normalized spacial score (nSPS) is 12.1. The van der Waals surface area contributed by atoms with E-state index in [9.17, 15) is 4.79 Å². The van der Waals surface area contributed by atoms with Crippen LogP contribution in [-0.2, 0) is 4.79 Å². The molecular formula is C11H15NO2S. The number of hydrogen-bond acceptors (Lipinski definition) is 3. The zero-order chi connectivity index (χ0) is 11.3. The maximum Gasteiger partial charge on any atom is 0.233 e. The summed E-state index contributed by atoms with van der Waals surface area (Å²) < 4.78 is 0. The molecule has 1 atom stereocenters. The summed E-state index contributed by atoms with van der Waals surface area (Å²) in [5, 5.41) is 11.7. The molecule has 1 unspecified atom stereocenters. The van der Waals surface area contributed by atoms with E-state index in [0.717, 1.165) is 4.90 Å². The number of rotatable bonds is 4. The highest BCUT2D eigenvalue weighted by Gasteiger charge is 2.12. The molecule has 0 spiro atoms. The lowest BCUT2D eigenvalue weighted by atomic mass is 10.3. The van der Waals surface area contributed by atoms with Crippen molar-refractivity contribution in [2.45, 2.75) is 24.0 Å². The number of thioether (sulfide) groups is 1. The van der Waals surface area contributed by atoms with Crippen molar-refractivity contribution >= 4 is 17.7 Å². The molecule has 0 fully saturated rings. The molecule has 2 N–H and O–H groups in total. The third-order valence-electron chi connectivity index (χ3n) is 1.87. The van der Waals surface area contributed by atoms with E-state index in [-0.39, 0.29) is 16.9 Å². The summed E-state index contributed by atoms with van der Waals surface area (Å²) >= 11 is 1.48. The van der Waals surface area contributed by atoms with Crippen molar-refractivity contribution in [1.82, 2.24) is 5.32 Å². The Labute approximate surface area is 93.9 Å². The minimum atomic E-state index is -0.116. The lowest BCUT2D eigenvalue weighted by Crippen LogP contribution is -2.30. The van der Waals surface area contributed by atoms with Crippen molar-refractivity contribution in [2.24, 2.45) is 0 Å². The van der Waals surface area contributed by atoms with Gasteiger partial charge in [-0.3, -0.25) is 4.79 Å². The van der Waals surface area contributed by atoms with Crippen molar-refractivity contribution in [2.75, 3.05) is 6.54 Å². The van der Waals surface area contributed by atoms with E-state index in [1.807, 2.05) is 13.8 Å². The second-order valence-corrected chi connectivity index (χ2v) is 4.56. The van der Waals surface area contributed by atoms with Gasteiger partial charge >= 0.3 is 0 Å². The topological polar surface area (TPSA) is 49.3 Å². The second-order valence-electron chi connectivity index (χ2n) is 3.15. The van der Waals surface area contributed by atoms with Gasteiger partial charge in [0, 0.05) is 11.4 Å². The lowest BCUT2D eigenvalue weighted by Gasteiger charge is -2.10. The third-order valence-corrected chi connectivity index (χ3v) is 2.98. The molecule has 4 heteroatoms. The van der Waals surface area contributed by atoms with Gasteiger partial charge in [0.1, 0.15) is 5.75 Å². The van der Waals surface area contributed by atoms with E-state index < -0.39 is 0 Å². The van der Waals surface area contributed by atoms with Gasteiger partial charge in [0.05, 0.1) is 5.25 Å². The molecule has 0 aliphatic rings. The number of phenols is 1. The highest BCUT2D eigenvalue weighted by atomic mass is 32.2. The van der Waals surface area contributed by atoms with Gasteiger partial charge in [0.2, 0.25) is 5.91 Å². The molecular weight excluding hydrogens is 210 g/mol. The maximum atomic E-state index is 11.4. The minimum absolute atomic E-state index is 0.0376. The van der Waals surface area contributed by atoms with Crippen LogP contribution in [0.5, 0.6) is 5.75 Å². The molecule has 0 saturated heterocycles. The first-order valence-electron chi connectivity index (χ1n) is 4.87. The summed E-state index contributed by atoms with van der Waals surface area (Å²) in [6, 6.07) is 6.84. The average molecular weight is 225 g/mol. The standard InChI is InChI=1S/C11H15NO2S/c1-3-12-11(14)8(2)15-10-6-4-9(13)5-7-10/h4-8,13H,3H2,1-2H3,(H,12,14). The summed E-state index contributed by atoms with van der Waals surface area (Å²) in [5.74, 6) is 0.278. The predicted octanol–water partition coefficient (Wildman–Crippen LogP) is 2.01. The number of hydrogen-bond donors (Lipinski definition) is 2. The number of carbonyl (C=O) groups is 1. The van der Waals surface area contributed by atoms with Gasteiger partial charge in [-0.2, -0.15) is 0 Å². The Kier molecular flexibility index (Phi) is 4.49. The smallest absolute Gasteiger partial charge is 0.233 e. The number of benzene rings is 1. The van der Waals surface area contributed by atoms with E-state index in [1.54, 1.807) is 24.3 Å². The molecule has 3 nitrogen and oxygen atoms in total. The quantitative estimate of drug-likeness (QED) is 0.771. The number of aromatic hydroxyl groups is 1. The molecule has 1 amide bonds. The van der Waals surface area contributed by atoms with Gasteiger partial charge in [0.15, 0.2) is 0 Å². The summed E-state index contributed by atoms with van der Waals surface area (Å²) in [7, 11) is 0. The zero-order valence-electron chi connectivity index (χ0n) is 8.86. The molecule has 15 heavy (non-hydrogen) atoms. The number of carbonyl (C=O) groups excluding carboxylic acids is 1. The Bertz CT molecular complexity index is 324. The lowest BCUT2D eigenvalue weighted by molar-refractivity contribution is -0.120.